The topological polar surface area (TPSA) is 78.5 Å². The van der Waals surface area contributed by atoms with Crippen LogP contribution in [-0.4, -0.2) is 35.8 Å². The van der Waals surface area contributed by atoms with E-state index in [1.165, 1.54) is 0 Å². The zero-order valence-corrected chi connectivity index (χ0v) is 13.6. The van der Waals surface area contributed by atoms with E-state index in [-0.39, 0.29) is 18.4 Å². The molecular weight excluding hydrogens is 294 g/mol. The molecule has 1 heterocycles. The molecular formula is C17H23N3O3. The molecule has 0 unspecified atom stereocenters. The van der Waals surface area contributed by atoms with Crippen LogP contribution in [-0.2, 0) is 15.1 Å². The number of amides is 4. The van der Waals surface area contributed by atoms with Gasteiger partial charge in [-0.3, -0.25) is 14.5 Å². The number of unbranched alkanes of at least 4 members (excludes halogenated alkanes) is 1. The number of imide groups is 1. The highest BCUT2D eigenvalue weighted by molar-refractivity contribution is 6.09. The fourth-order valence-corrected chi connectivity index (χ4v) is 2.74. The molecule has 1 aliphatic heterocycles. The molecule has 0 aliphatic carbocycles. The van der Waals surface area contributed by atoms with Crippen molar-refractivity contribution >= 4 is 17.8 Å². The van der Waals surface area contributed by atoms with Gasteiger partial charge >= 0.3 is 6.03 Å². The maximum absolute atomic E-state index is 12.8. The van der Waals surface area contributed by atoms with Crippen molar-refractivity contribution in [2.75, 3.05) is 13.1 Å². The molecule has 124 valence electrons. The van der Waals surface area contributed by atoms with E-state index in [0.29, 0.717) is 13.0 Å². The van der Waals surface area contributed by atoms with E-state index in [1.54, 1.807) is 0 Å². The summed E-state index contributed by atoms with van der Waals surface area (Å²) in [6.45, 7) is 4.18. The predicted octanol–water partition coefficient (Wildman–Crippen LogP) is 1.76. The van der Waals surface area contributed by atoms with Gasteiger partial charge < -0.3 is 10.6 Å². The third-order valence-corrected chi connectivity index (χ3v) is 4.13. The van der Waals surface area contributed by atoms with E-state index >= 15 is 0 Å². The molecule has 0 spiro atoms. The average Bonchev–Trinajstić information content (AvgIpc) is 2.81. The zero-order chi connectivity index (χ0) is 16.9. The second-order valence-electron chi connectivity index (χ2n) is 5.65. The Morgan fingerprint density at radius 3 is 2.52 bits per heavy atom. The van der Waals surface area contributed by atoms with E-state index in [2.05, 4.69) is 10.6 Å². The van der Waals surface area contributed by atoms with Crippen LogP contribution in [0.2, 0.25) is 0 Å². The molecule has 1 saturated heterocycles. The highest BCUT2D eigenvalue weighted by atomic mass is 16.2. The molecule has 1 aliphatic rings. The van der Waals surface area contributed by atoms with Gasteiger partial charge in [0, 0.05) is 6.54 Å². The van der Waals surface area contributed by atoms with Gasteiger partial charge in [-0.05, 0) is 18.4 Å². The van der Waals surface area contributed by atoms with Crippen molar-refractivity contribution in [1.82, 2.24) is 15.5 Å². The summed E-state index contributed by atoms with van der Waals surface area (Å²) in [5, 5.41) is 5.49. The quantitative estimate of drug-likeness (QED) is 0.594. The minimum absolute atomic E-state index is 0.247. The van der Waals surface area contributed by atoms with Gasteiger partial charge in [-0.1, -0.05) is 50.6 Å². The Labute approximate surface area is 136 Å². The fraction of sp³-hybridized carbons (Fsp3) is 0.471. The molecule has 0 radical (unpaired) electrons. The normalized spacial score (nSPS) is 20.5. The number of hydrogen-bond acceptors (Lipinski definition) is 3. The van der Waals surface area contributed by atoms with Crippen LogP contribution in [0, 0.1) is 0 Å². The summed E-state index contributed by atoms with van der Waals surface area (Å²) in [5.74, 6) is -0.691. The minimum Gasteiger partial charge on any atom is -0.355 e. The van der Waals surface area contributed by atoms with Crippen LogP contribution in [0.1, 0.15) is 38.7 Å². The van der Waals surface area contributed by atoms with Gasteiger partial charge in [0.2, 0.25) is 5.91 Å². The Morgan fingerprint density at radius 2 is 1.91 bits per heavy atom. The lowest BCUT2D eigenvalue weighted by Gasteiger charge is -2.25. The van der Waals surface area contributed by atoms with Crippen LogP contribution in [0.5, 0.6) is 0 Å². The smallest absolute Gasteiger partial charge is 0.325 e. The van der Waals surface area contributed by atoms with Gasteiger partial charge in [0.1, 0.15) is 12.1 Å². The van der Waals surface area contributed by atoms with Crippen LogP contribution in [0.25, 0.3) is 0 Å². The molecule has 1 atom stereocenters. The van der Waals surface area contributed by atoms with Gasteiger partial charge in [-0.2, -0.15) is 0 Å². The highest BCUT2D eigenvalue weighted by Gasteiger charge is 2.51. The lowest BCUT2D eigenvalue weighted by Crippen LogP contribution is -2.44. The molecule has 23 heavy (non-hydrogen) atoms. The minimum atomic E-state index is -1.08. The number of benzene rings is 1. The van der Waals surface area contributed by atoms with Crippen molar-refractivity contribution in [2.45, 2.75) is 38.6 Å². The summed E-state index contributed by atoms with van der Waals surface area (Å²) in [4.78, 5) is 37.9. The highest BCUT2D eigenvalue weighted by Crippen LogP contribution is 2.32. The first-order chi connectivity index (χ1) is 11.0. The van der Waals surface area contributed by atoms with Crippen LogP contribution >= 0.6 is 0 Å². The number of carbonyl (C=O) groups is 3. The summed E-state index contributed by atoms with van der Waals surface area (Å²) < 4.78 is 0. The molecule has 1 fully saturated rings. The Balaban J connectivity index is 2.14. The van der Waals surface area contributed by atoms with Gasteiger partial charge in [-0.15, -0.1) is 0 Å². The second-order valence-corrected chi connectivity index (χ2v) is 5.65. The standard InChI is InChI=1S/C17H23N3O3/c1-3-5-11-18-14(21)12-20-15(22)17(4-2,19-16(20)23)13-9-7-6-8-10-13/h6-10H,3-5,11-12H2,1-2H3,(H,18,21)(H,19,23)/t17-/m0/s1. The van der Waals surface area contributed by atoms with Gasteiger partial charge in [0.05, 0.1) is 0 Å². The van der Waals surface area contributed by atoms with E-state index in [9.17, 15) is 14.4 Å². The maximum atomic E-state index is 12.8. The van der Waals surface area contributed by atoms with Crippen molar-refractivity contribution < 1.29 is 14.4 Å². The van der Waals surface area contributed by atoms with E-state index in [1.807, 2.05) is 44.2 Å². The third-order valence-electron chi connectivity index (χ3n) is 4.13. The van der Waals surface area contributed by atoms with Gasteiger partial charge in [0.25, 0.3) is 5.91 Å². The number of rotatable bonds is 7. The molecule has 0 aromatic heterocycles. The van der Waals surface area contributed by atoms with E-state index in [0.717, 1.165) is 23.3 Å². The van der Waals surface area contributed by atoms with E-state index in [4.69, 9.17) is 0 Å². The maximum Gasteiger partial charge on any atom is 0.325 e. The molecule has 6 heteroatoms. The van der Waals surface area contributed by atoms with Crippen molar-refractivity contribution in [3.63, 3.8) is 0 Å². The molecule has 6 nitrogen and oxygen atoms in total. The van der Waals surface area contributed by atoms with Crippen molar-refractivity contribution in [2.24, 2.45) is 0 Å². The average molecular weight is 317 g/mol. The Morgan fingerprint density at radius 1 is 1.22 bits per heavy atom. The first-order valence-corrected chi connectivity index (χ1v) is 8.01. The summed E-state index contributed by atoms with van der Waals surface area (Å²) in [6.07, 6.45) is 2.26. The van der Waals surface area contributed by atoms with Crippen LogP contribution < -0.4 is 10.6 Å². The number of nitrogens with one attached hydrogen (secondary N) is 2. The van der Waals surface area contributed by atoms with Crippen LogP contribution in [0.15, 0.2) is 30.3 Å². The largest absolute Gasteiger partial charge is 0.355 e. The van der Waals surface area contributed by atoms with Crippen molar-refractivity contribution in [3.8, 4) is 0 Å². The molecule has 1 aromatic carbocycles. The number of carbonyl (C=O) groups excluding carboxylic acids is 3. The zero-order valence-electron chi connectivity index (χ0n) is 13.6. The molecule has 1 aromatic rings. The lowest BCUT2D eigenvalue weighted by molar-refractivity contribution is -0.135. The summed E-state index contributed by atoms with van der Waals surface area (Å²) in [5.41, 5.74) is -0.350. The monoisotopic (exact) mass is 317 g/mol. The predicted molar refractivity (Wildman–Crippen MR) is 86.6 cm³/mol. The van der Waals surface area contributed by atoms with Gasteiger partial charge in [0.15, 0.2) is 0 Å². The molecule has 4 amide bonds. The van der Waals surface area contributed by atoms with Gasteiger partial charge in [-0.25, -0.2) is 4.79 Å². The van der Waals surface area contributed by atoms with Crippen molar-refractivity contribution in [3.05, 3.63) is 35.9 Å². The third kappa shape index (κ3) is 3.36. The van der Waals surface area contributed by atoms with Crippen molar-refractivity contribution in [1.29, 1.82) is 0 Å². The summed E-state index contributed by atoms with van der Waals surface area (Å²) >= 11 is 0. The summed E-state index contributed by atoms with van der Waals surface area (Å²) in [7, 11) is 0. The Hall–Kier alpha value is -2.37. The second kappa shape index (κ2) is 7.26. The number of hydrogen-bond donors (Lipinski definition) is 2. The summed E-state index contributed by atoms with van der Waals surface area (Å²) in [6, 6.07) is 8.61. The Bertz CT molecular complexity index is 588. The lowest BCUT2D eigenvalue weighted by atomic mass is 9.87. The molecule has 0 bridgehead atoms. The number of urea groups is 1. The first kappa shape index (κ1) is 17.0. The number of nitrogens with zero attached hydrogens (tertiary/aromatic N) is 1. The first-order valence-electron chi connectivity index (χ1n) is 8.01. The molecule has 0 saturated carbocycles. The molecule has 2 N–H and O–H groups in total. The fourth-order valence-electron chi connectivity index (χ4n) is 2.74. The molecule has 2 rings (SSSR count). The van der Waals surface area contributed by atoms with Crippen LogP contribution in [0.4, 0.5) is 4.79 Å². The Kier molecular flexibility index (Phi) is 5.36. The van der Waals surface area contributed by atoms with Crippen LogP contribution in [0.3, 0.4) is 0 Å². The van der Waals surface area contributed by atoms with E-state index < -0.39 is 11.6 Å². The SMILES string of the molecule is CCCCNC(=O)CN1C(=O)N[C@@](CC)(c2ccccc2)C1=O.